The van der Waals surface area contributed by atoms with Crippen LogP contribution in [0.15, 0.2) is 0 Å². The van der Waals surface area contributed by atoms with Crippen LogP contribution in [-0.2, 0) is 4.74 Å². The number of hydrogen-bond acceptors (Lipinski definition) is 3. The highest BCUT2D eigenvalue weighted by molar-refractivity contribution is 5.96. The molecule has 0 aromatic carbocycles. The van der Waals surface area contributed by atoms with Crippen molar-refractivity contribution in [3.8, 4) is 0 Å². The third kappa shape index (κ3) is 2.85. The van der Waals surface area contributed by atoms with E-state index in [1.165, 1.54) is 0 Å². The molecular weight excluding hydrogens is 218 g/mol. The molecule has 0 radical (unpaired) electrons. The summed E-state index contributed by atoms with van der Waals surface area (Å²) in [5.41, 5.74) is 2.26. The van der Waals surface area contributed by atoms with Gasteiger partial charge in [-0.15, -0.1) is 0 Å². The van der Waals surface area contributed by atoms with Gasteiger partial charge >= 0.3 is 0 Å². The first-order valence-electron chi connectivity index (χ1n) is 6.06. The minimum absolute atomic E-state index is 0.0276. The van der Waals surface area contributed by atoms with Crippen LogP contribution in [0.1, 0.15) is 34.6 Å². The molecule has 2 N–H and O–H groups in total. The molecule has 0 unspecified atom stereocenters. The molecule has 1 amide bonds. The number of aromatic nitrogens is 2. The maximum Gasteiger partial charge on any atom is 0.255 e. The van der Waals surface area contributed by atoms with E-state index in [0.29, 0.717) is 11.5 Å². The lowest BCUT2D eigenvalue weighted by atomic mass is 10.0. The van der Waals surface area contributed by atoms with Gasteiger partial charge in [0.25, 0.3) is 5.91 Å². The number of H-pyrrole nitrogens is 1. The number of nitrogens with one attached hydrogen (secondary N) is 2. The number of amides is 1. The van der Waals surface area contributed by atoms with Crippen molar-refractivity contribution >= 4 is 5.91 Å². The van der Waals surface area contributed by atoms with Crippen molar-refractivity contribution in [2.24, 2.45) is 5.92 Å². The van der Waals surface area contributed by atoms with E-state index in [1.54, 1.807) is 0 Å². The van der Waals surface area contributed by atoms with Gasteiger partial charge in [-0.1, -0.05) is 0 Å². The Bertz CT molecular complexity index is 375. The molecule has 0 saturated carbocycles. The van der Waals surface area contributed by atoms with Crippen molar-refractivity contribution in [2.75, 3.05) is 19.8 Å². The summed E-state index contributed by atoms with van der Waals surface area (Å²) in [5.74, 6) is 0.514. The van der Waals surface area contributed by atoms with Crippen molar-refractivity contribution in [3.05, 3.63) is 17.0 Å². The molecule has 1 fully saturated rings. The zero-order valence-electron chi connectivity index (χ0n) is 10.4. The van der Waals surface area contributed by atoms with Crippen LogP contribution >= 0.6 is 0 Å². The molecule has 2 heterocycles. The number of hydrogen-bond donors (Lipinski definition) is 2. The third-order valence-electron chi connectivity index (χ3n) is 3.25. The maximum absolute atomic E-state index is 12.0. The molecule has 5 heteroatoms. The Hall–Kier alpha value is -1.36. The highest BCUT2D eigenvalue weighted by Gasteiger charge is 2.18. The predicted octanol–water partition coefficient (Wildman–Crippen LogP) is 1.18. The number of carbonyl (C=O) groups is 1. The van der Waals surface area contributed by atoms with Gasteiger partial charge in [-0.05, 0) is 32.6 Å². The molecule has 5 nitrogen and oxygen atoms in total. The Labute approximate surface area is 101 Å². The molecule has 17 heavy (non-hydrogen) atoms. The van der Waals surface area contributed by atoms with Gasteiger partial charge < -0.3 is 10.1 Å². The van der Waals surface area contributed by atoms with Crippen LogP contribution in [-0.4, -0.2) is 35.9 Å². The Kier molecular flexibility index (Phi) is 3.78. The van der Waals surface area contributed by atoms with Crippen LogP contribution in [0.4, 0.5) is 0 Å². The minimum Gasteiger partial charge on any atom is -0.381 e. The van der Waals surface area contributed by atoms with Crippen molar-refractivity contribution in [1.29, 1.82) is 0 Å². The highest BCUT2D eigenvalue weighted by Crippen LogP contribution is 2.14. The number of aromatic amines is 1. The predicted molar refractivity (Wildman–Crippen MR) is 63.9 cm³/mol. The van der Waals surface area contributed by atoms with E-state index >= 15 is 0 Å². The SMILES string of the molecule is Cc1n[nH]c(C)c1C(=O)NCC1CCOCC1. The summed E-state index contributed by atoms with van der Waals surface area (Å²) in [4.78, 5) is 12.0. The van der Waals surface area contributed by atoms with Gasteiger partial charge in [0, 0.05) is 25.5 Å². The fraction of sp³-hybridized carbons (Fsp3) is 0.667. The fourth-order valence-corrected chi connectivity index (χ4v) is 2.16. The minimum atomic E-state index is -0.0276. The van der Waals surface area contributed by atoms with Gasteiger partial charge in [-0.2, -0.15) is 5.10 Å². The van der Waals surface area contributed by atoms with E-state index in [4.69, 9.17) is 4.74 Å². The first-order valence-corrected chi connectivity index (χ1v) is 6.06. The molecule has 0 atom stereocenters. The Morgan fingerprint density at radius 1 is 1.47 bits per heavy atom. The number of ether oxygens (including phenoxy) is 1. The first-order chi connectivity index (χ1) is 8.18. The molecular formula is C12H19N3O2. The largest absolute Gasteiger partial charge is 0.381 e. The zero-order chi connectivity index (χ0) is 12.3. The number of aryl methyl sites for hydroxylation is 2. The summed E-state index contributed by atoms with van der Waals surface area (Å²) in [5, 5.41) is 9.83. The molecule has 2 rings (SSSR count). The summed E-state index contributed by atoms with van der Waals surface area (Å²) in [6.45, 7) is 6.05. The molecule has 1 saturated heterocycles. The lowest BCUT2D eigenvalue weighted by Gasteiger charge is -2.22. The van der Waals surface area contributed by atoms with E-state index in [1.807, 2.05) is 13.8 Å². The van der Waals surface area contributed by atoms with Crippen molar-refractivity contribution < 1.29 is 9.53 Å². The van der Waals surface area contributed by atoms with Crippen LogP contribution in [0.25, 0.3) is 0 Å². The monoisotopic (exact) mass is 237 g/mol. The summed E-state index contributed by atoms with van der Waals surface area (Å²) >= 11 is 0. The topological polar surface area (TPSA) is 67.0 Å². The number of carbonyl (C=O) groups excluding carboxylic acids is 1. The third-order valence-corrected chi connectivity index (χ3v) is 3.25. The Balaban J connectivity index is 1.89. The summed E-state index contributed by atoms with van der Waals surface area (Å²) < 4.78 is 5.29. The van der Waals surface area contributed by atoms with Crippen molar-refractivity contribution in [2.45, 2.75) is 26.7 Å². The maximum atomic E-state index is 12.0. The summed E-state index contributed by atoms with van der Waals surface area (Å²) in [7, 11) is 0. The van der Waals surface area contributed by atoms with Crippen LogP contribution < -0.4 is 5.32 Å². The van der Waals surface area contributed by atoms with Crippen LogP contribution in [0.2, 0.25) is 0 Å². The highest BCUT2D eigenvalue weighted by atomic mass is 16.5. The molecule has 1 aromatic heterocycles. The van der Waals surface area contributed by atoms with Gasteiger partial charge in [0.1, 0.15) is 0 Å². The smallest absolute Gasteiger partial charge is 0.255 e. The second-order valence-electron chi connectivity index (χ2n) is 4.57. The molecule has 1 aliphatic rings. The van der Waals surface area contributed by atoms with Crippen molar-refractivity contribution in [1.82, 2.24) is 15.5 Å². The Morgan fingerprint density at radius 3 is 2.76 bits per heavy atom. The van der Waals surface area contributed by atoms with Crippen LogP contribution in [0, 0.1) is 19.8 Å². The van der Waals surface area contributed by atoms with E-state index in [2.05, 4.69) is 15.5 Å². The normalized spacial score (nSPS) is 17.1. The van der Waals surface area contributed by atoms with E-state index < -0.39 is 0 Å². The molecule has 1 aromatic rings. The van der Waals surface area contributed by atoms with Gasteiger partial charge in [0.2, 0.25) is 0 Å². The quantitative estimate of drug-likeness (QED) is 0.829. The lowest BCUT2D eigenvalue weighted by Crippen LogP contribution is -2.32. The van der Waals surface area contributed by atoms with Gasteiger partial charge in [-0.25, -0.2) is 0 Å². The molecule has 0 bridgehead atoms. The van der Waals surface area contributed by atoms with Crippen LogP contribution in [0.3, 0.4) is 0 Å². The summed E-state index contributed by atoms with van der Waals surface area (Å²) in [6, 6.07) is 0. The van der Waals surface area contributed by atoms with E-state index in [0.717, 1.165) is 44.0 Å². The molecule has 0 spiro atoms. The average Bonchev–Trinajstić information content (AvgIpc) is 2.67. The van der Waals surface area contributed by atoms with Crippen molar-refractivity contribution in [3.63, 3.8) is 0 Å². The van der Waals surface area contributed by atoms with Crippen LogP contribution in [0.5, 0.6) is 0 Å². The second kappa shape index (κ2) is 5.31. The van der Waals surface area contributed by atoms with E-state index in [-0.39, 0.29) is 5.91 Å². The van der Waals surface area contributed by atoms with Gasteiger partial charge in [0.05, 0.1) is 11.3 Å². The number of nitrogens with zero attached hydrogens (tertiary/aromatic N) is 1. The number of rotatable bonds is 3. The standard InChI is InChI=1S/C12H19N3O2/c1-8-11(9(2)15-14-8)12(16)13-7-10-3-5-17-6-4-10/h10H,3-7H2,1-2H3,(H,13,16)(H,14,15). The van der Waals surface area contributed by atoms with Gasteiger partial charge in [-0.3, -0.25) is 9.89 Å². The second-order valence-corrected chi connectivity index (χ2v) is 4.57. The molecule has 0 aliphatic carbocycles. The average molecular weight is 237 g/mol. The Morgan fingerprint density at radius 2 is 2.18 bits per heavy atom. The molecule has 94 valence electrons. The molecule has 1 aliphatic heterocycles. The lowest BCUT2D eigenvalue weighted by molar-refractivity contribution is 0.0642. The summed E-state index contributed by atoms with van der Waals surface area (Å²) in [6.07, 6.45) is 2.06. The zero-order valence-corrected chi connectivity index (χ0v) is 10.4. The fourth-order valence-electron chi connectivity index (χ4n) is 2.16. The first kappa shape index (κ1) is 12.1. The van der Waals surface area contributed by atoms with Gasteiger partial charge in [0.15, 0.2) is 0 Å². The van der Waals surface area contributed by atoms with E-state index in [9.17, 15) is 4.79 Å².